The molecular weight excluding hydrogens is 386 g/mol. The highest BCUT2D eigenvalue weighted by Crippen LogP contribution is 2.26. The summed E-state index contributed by atoms with van der Waals surface area (Å²) in [6, 6.07) is 8.68. The molecule has 0 aliphatic carbocycles. The molecule has 3 aromatic rings. The van der Waals surface area contributed by atoms with Crippen LogP contribution in [0.1, 0.15) is 25.3 Å². The van der Waals surface area contributed by atoms with E-state index < -0.39 is 10.0 Å². The molecule has 2 aromatic heterocycles. The molecule has 0 unspecified atom stereocenters. The predicted molar refractivity (Wildman–Crippen MR) is 103 cm³/mol. The Labute approximate surface area is 162 Å². The van der Waals surface area contributed by atoms with E-state index in [0.29, 0.717) is 18.0 Å². The minimum Gasteiger partial charge on any atom is -0.496 e. The number of thiophene rings is 1. The Morgan fingerprint density at radius 1 is 1.26 bits per heavy atom. The summed E-state index contributed by atoms with van der Waals surface area (Å²) in [6.07, 6.45) is 0.673. The number of aryl methyl sites for hydroxylation is 1. The van der Waals surface area contributed by atoms with Crippen LogP contribution in [0.4, 0.5) is 0 Å². The van der Waals surface area contributed by atoms with Crippen molar-refractivity contribution in [2.45, 2.75) is 31.7 Å². The van der Waals surface area contributed by atoms with Gasteiger partial charge in [0.1, 0.15) is 5.75 Å². The van der Waals surface area contributed by atoms with Crippen LogP contribution in [0.5, 0.6) is 5.75 Å². The second-order valence-corrected chi connectivity index (χ2v) is 8.63. The first-order valence-electron chi connectivity index (χ1n) is 8.53. The zero-order valence-electron chi connectivity index (χ0n) is 15.4. The lowest BCUT2D eigenvalue weighted by Gasteiger charge is -2.19. The molecule has 3 rings (SSSR count). The molecule has 0 spiro atoms. The highest BCUT2D eigenvalue weighted by atomic mass is 32.2. The van der Waals surface area contributed by atoms with E-state index in [-0.39, 0.29) is 23.9 Å². The van der Waals surface area contributed by atoms with Crippen LogP contribution in [-0.4, -0.2) is 36.5 Å². The molecule has 27 heavy (non-hydrogen) atoms. The zero-order valence-corrected chi connectivity index (χ0v) is 17.0. The molecule has 0 saturated heterocycles. The number of methoxy groups -OCH3 is 1. The molecular formula is C18H21N3O4S2. The zero-order chi connectivity index (χ0) is 19.4. The maximum Gasteiger partial charge on any atom is 0.243 e. The van der Waals surface area contributed by atoms with Gasteiger partial charge in [-0.25, -0.2) is 8.42 Å². The third kappa shape index (κ3) is 4.05. The second kappa shape index (κ2) is 8.20. The van der Waals surface area contributed by atoms with Gasteiger partial charge in [0.2, 0.25) is 21.7 Å². The molecule has 0 amide bonds. The smallest absolute Gasteiger partial charge is 0.243 e. The van der Waals surface area contributed by atoms with Gasteiger partial charge in [0, 0.05) is 6.54 Å². The number of ether oxygens (including phenoxy) is 1. The van der Waals surface area contributed by atoms with Gasteiger partial charge in [-0.05, 0) is 41.6 Å². The number of sulfonamides is 1. The Bertz CT molecular complexity index is 998. The Balaban J connectivity index is 1.86. The molecule has 2 heterocycles. The van der Waals surface area contributed by atoms with Crippen molar-refractivity contribution in [2.75, 3.05) is 13.7 Å². The van der Waals surface area contributed by atoms with E-state index in [9.17, 15) is 8.42 Å². The topological polar surface area (TPSA) is 85.5 Å². The van der Waals surface area contributed by atoms with Crippen LogP contribution in [0.25, 0.3) is 10.7 Å². The molecule has 0 radical (unpaired) electrons. The maximum absolute atomic E-state index is 13.1. The van der Waals surface area contributed by atoms with Crippen molar-refractivity contribution < 1.29 is 17.7 Å². The first-order chi connectivity index (χ1) is 13.0. The van der Waals surface area contributed by atoms with Crippen molar-refractivity contribution in [3.05, 3.63) is 47.2 Å². The fourth-order valence-electron chi connectivity index (χ4n) is 2.68. The summed E-state index contributed by atoms with van der Waals surface area (Å²) >= 11 is 1.50. The van der Waals surface area contributed by atoms with Gasteiger partial charge in [0.15, 0.2) is 0 Å². The predicted octanol–water partition coefficient (Wildman–Crippen LogP) is 3.58. The van der Waals surface area contributed by atoms with Crippen LogP contribution < -0.4 is 4.74 Å². The van der Waals surface area contributed by atoms with Gasteiger partial charge >= 0.3 is 0 Å². The van der Waals surface area contributed by atoms with Gasteiger partial charge in [0.25, 0.3) is 0 Å². The first kappa shape index (κ1) is 19.5. The summed E-state index contributed by atoms with van der Waals surface area (Å²) in [5.41, 5.74) is 0.840. The molecule has 0 aliphatic rings. The summed E-state index contributed by atoms with van der Waals surface area (Å²) in [5, 5.41) is 5.86. The average Bonchev–Trinajstić information content (AvgIpc) is 3.36. The Kier molecular flexibility index (Phi) is 5.93. The average molecular weight is 408 g/mol. The molecule has 0 saturated carbocycles. The molecule has 0 bridgehead atoms. The lowest BCUT2D eigenvalue weighted by atomic mass is 10.1. The molecule has 9 heteroatoms. The summed E-state index contributed by atoms with van der Waals surface area (Å²) < 4.78 is 38.0. The van der Waals surface area contributed by atoms with Crippen molar-refractivity contribution in [1.82, 2.24) is 14.4 Å². The van der Waals surface area contributed by atoms with E-state index in [2.05, 4.69) is 10.1 Å². The number of hydrogen-bond donors (Lipinski definition) is 0. The molecule has 1 aromatic carbocycles. The molecule has 0 atom stereocenters. The van der Waals surface area contributed by atoms with Crippen LogP contribution >= 0.6 is 11.3 Å². The van der Waals surface area contributed by atoms with E-state index in [4.69, 9.17) is 9.26 Å². The van der Waals surface area contributed by atoms with E-state index in [1.165, 1.54) is 15.6 Å². The third-order valence-corrected chi connectivity index (χ3v) is 6.93. The van der Waals surface area contributed by atoms with E-state index in [1.54, 1.807) is 32.2 Å². The highest BCUT2D eigenvalue weighted by Gasteiger charge is 2.26. The quantitative estimate of drug-likeness (QED) is 0.567. The SMILES string of the molecule is CCc1cc(S(=O)(=O)N(CC)Cc2nc(-c3cccs3)no2)ccc1OC. The fourth-order valence-corrected chi connectivity index (χ4v) is 4.78. The Hall–Kier alpha value is -2.23. The maximum atomic E-state index is 13.1. The van der Waals surface area contributed by atoms with Crippen molar-refractivity contribution in [3.63, 3.8) is 0 Å². The molecule has 0 N–H and O–H groups in total. The third-order valence-electron chi connectivity index (χ3n) is 4.14. The molecule has 0 fully saturated rings. The van der Waals surface area contributed by atoms with Gasteiger partial charge in [-0.2, -0.15) is 9.29 Å². The molecule has 7 nitrogen and oxygen atoms in total. The van der Waals surface area contributed by atoms with Crippen LogP contribution in [0, 0.1) is 0 Å². The van der Waals surface area contributed by atoms with Crippen LogP contribution in [0.2, 0.25) is 0 Å². The summed E-state index contributed by atoms with van der Waals surface area (Å²) in [4.78, 5) is 5.41. The minimum atomic E-state index is -3.70. The summed E-state index contributed by atoms with van der Waals surface area (Å²) in [5.74, 6) is 1.40. The fraction of sp³-hybridized carbons (Fsp3) is 0.333. The minimum absolute atomic E-state index is 0.0185. The number of nitrogens with zero attached hydrogens (tertiary/aromatic N) is 3. The van der Waals surface area contributed by atoms with Crippen molar-refractivity contribution in [3.8, 4) is 16.5 Å². The van der Waals surface area contributed by atoms with E-state index in [0.717, 1.165) is 10.4 Å². The van der Waals surface area contributed by atoms with E-state index >= 15 is 0 Å². The van der Waals surface area contributed by atoms with Gasteiger partial charge in [-0.1, -0.05) is 25.1 Å². The standard InChI is InChI=1S/C18H21N3O4S2/c1-4-13-11-14(8-9-15(13)24-3)27(22,23)21(5-2)12-17-19-18(20-25-17)16-7-6-10-26-16/h6-11H,4-5,12H2,1-3H3. The van der Waals surface area contributed by atoms with Gasteiger partial charge in [-0.15, -0.1) is 11.3 Å². The van der Waals surface area contributed by atoms with Crippen molar-refractivity contribution in [2.24, 2.45) is 0 Å². The number of rotatable bonds is 8. The number of hydrogen-bond acceptors (Lipinski definition) is 7. The number of aromatic nitrogens is 2. The van der Waals surface area contributed by atoms with Gasteiger partial charge in [-0.3, -0.25) is 0 Å². The van der Waals surface area contributed by atoms with Crippen LogP contribution in [-0.2, 0) is 23.0 Å². The summed E-state index contributed by atoms with van der Waals surface area (Å²) in [7, 11) is -2.13. The van der Waals surface area contributed by atoms with Gasteiger partial charge in [0.05, 0.1) is 23.4 Å². The van der Waals surface area contributed by atoms with Crippen LogP contribution in [0.3, 0.4) is 0 Å². The number of benzene rings is 1. The van der Waals surface area contributed by atoms with Crippen molar-refractivity contribution in [1.29, 1.82) is 0 Å². The monoisotopic (exact) mass is 407 g/mol. The second-order valence-electron chi connectivity index (χ2n) is 5.75. The lowest BCUT2D eigenvalue weighted by Crippen LogP contribution is -2.30. The van der Waals surface area contributed by atoms with Crippen molar-refractivity contribution >= 4 is 21.4 Å². The Morgan fingerprint density at radius 3 is 2.70 bits per heavy atom. The molecule has 0 aliphatic heterocycles. The Morgan fingerprint density at radius 2 is 2.07 bits per heavy atom. The molecule has 144 valence electrons. The van der Waals surface area contributed by atoms with Crippen LogP contribution in [0.15, 0.2) is 45.1 Å². The largest absolute Gasteiger partial charge is 0.496 e. The highest BCUT2D eigenvalue weighted by molar-refractivity contribution is 7.89. The van der Waals surface area contributed by atoms with E-state index in [1.807, 2.05) is 24.4 Å². The summed E-state index contributed by atoms with van der Waals surface area (Å²) in [6.45, 7) is 4.03. The normalized spacial score (nSPS) is 11.9. The van der Waals surface area contributed by atoms with Gasteiger partial charge < -0.3 is 9.26 Å². The first-order valence-corrected chi connectivity index (χ1v) is 10.8. The lowest BCUT2D eigenvalue weighted by molar-refractivity contribution is 0.321.